The Balaban J connectivity index is 1.64. The number of hydrogen-bond donors (Lipinski definition) is 0. The molecule has 2 aromatic heterocycles. The number of nitrogens with zero attached hydrogens (tertiary/aromatic N) is 3. The van der Waals surface area contributed by atoms with Crippen molar-refractivity contribution < 1.29 is 13.6 Å². The number of amides is 1. The Labute approximate surface area is 115 Å². The van der Waals surface area contributed by atoms with E-state index in [2.05, 4.69) is 4.98 Å². The fourth-order valence-electron chi connectivity index (χ4n) is 2.27. The lowest BCUT2D eigenvalue weighted by atomic mass is 10.2. The zero-order valence-corrected chi connectivity index (χ0v) is 10.8. The van der Waals surface area contributed by atoms with E-state index in [0.29, 0.717) is 37.8 Å². The van der Waals surface area contributed by atoms with E-state index in [1.54, 1.807) is 29.2 Å². The number of hydrogen-bond acceptors (Lipinski definition) is 4. The molecule has 0 N–H and O–H groups in total. The molecule has 0 aliphatic carbocycles. The maximum Gasteiger partial charge on any atom is 0.289 e. The molecule has 5 nitrogen and oxygen atoms in total. The van der Waals surface area contributed by atoms with Gasteiger partial charge in [0.05, 0.1) is 6.26 Å². The first-order valence-corrected chi connectivity index (χ1v) is 6.44. The second-order valence-corrected chi connectivity index (χ2v) is 4.58. The van der Waals surface area contributed by atoms with Crippen LogP contribution in [0.3, 0.4) is 0 Å². The molecule has 1 aliphatic rings. The zero-order valence-electron chi connectivity index (χ0n) is 10.8. The molecule has 1 saturated heterocycles. The van der Waals surface area contributed by atoms with Crippen LogP contribution in [0, 0.1) is 5.95 Å². The van der Waals surface area contributed by atoms with E-state index in [4.69, 9.17) is 4.42 Å². The van der Waals surface area contributed by atoms with Crippen LogP contribution >= 0.6 is 0 Å². The number of carbonyl (C=O) groups excluding carboxylic acids is 1. The smallest absolute Gasteiger partial charge is 0.289 e. The van der Waals surface area contributed by atoms with E-state index in [1.165, 1.54) is 12.3 Å². The minimum Gasteiger partial charge on any atom is -0.459 e. The minimum absolute atomic E-state index is 0.109. The molecular formula is C14H14FN3O2. The van der Waals surface area contributed by atoms with Gasteiger partial charge in [-0.1, -0.05) is 6.07 Å². The number of pyridine rings is 1. The summed E-state index contributed by atoms with van der Waals surface area (Å²) in [6.07, 6.45) is 1.49. The van der Waals surface area contributed by atoms with Crippen LogP contribution in [-0.2, 0) is 0 Å². The van der Waals surface area contributed by atoms with Crippen molar-refractivity contribution in [2.75, 3.05) is 31.1 Å². The molecule has 3 heterocycles. The van der Waals surface area contributed by atoms with Crippen LogP contribution in [0.4, 0.5) is 10.2 Å². The monoisotopic (exact) mass is 275 g/mol. The van der Waals surface area contributed by atoms with Crippen LogP contribution in [0.15, 0.2) is 41.0 Å². The lowest BCUT2D eigenvalue weighted by molar-refractivity contribution is 0.0714. The summed E-state index contributed by atoms with van der Waals surface area (Å²) in [5, 5.41) is 0. The number of furan rings is 1. The largest absolute Gasteiger partial charge is 0.459 e. The van der Waals surface area contributed by atoms with Crippen molar-refractivity contribution in [3.8, 4) is 0 Å². The highest BCUT2D eigenvalue weighted by atomic mass is 19.1. The molecule has 104 valence electrons. The normalized spacial score (nSPS) is 15.4. The van der Waals surface area contributed by atoms with Crippen LogP contribution in [0.5, 0.6) is 0 Å². The van der Waals surface area contributed by atoms with Crippen molar-refractivity contribution in [1.29, 1.82) is 0 Å². The van der Waals surface area contributed by atoms with Crippen molar-refractivity contribution in [1.82, 2.24) is 9.88 Å². The van der Waals surface area contributed by atoms with Crippen LogP contribution in [0.2, 0.25) is 0 Å². The molecule has 0 spiro atoms. The number of carbonyl (C=O) groups is 1. The van der Waals surface area contributed by atoms with Crippen molar-refractivity contribution in [3.63, 3.8) is 0 Å². The van der Waals surface area contributed by atoms with Gasteiger partial charge in [-0.15, -0.1) is 0 Å². The Morgan fingerprint density at radius 3 is 2.60 bits per heavy atom. The summed E-state index contributed by atoms with van der Waals surface area (Å²) in [7, 11) is 0. The highest BCUT2D eigenvalue weighted by Crippen LogP contribution is 2.15. The third-order valence-corrected chi connectivity index (χ3v) is 3.32. The summed E-state index contributed by atoms with van der Waals surface area (Å²) in [5.41, 5.74) is 0. The molecule has 0 radical (unpaired) electrons. The van der Waals surface area contributed by atoms with Gasteiger partial charge in [-0.05, 0) is 24.3 Å². The average molecular weight is 275 g/mol. The Bertz CT molecular complexity index is 592. The van der Waals surface area contributed by atoms with Gasteiger partial charge in [0.1, 0.15) is 5.82 Å². The van der Waals surface area contributed by atoms with E-state index in [9.17, 15) is 9.18 Å². The predicted molar refractivity (Wildman–Crippen MR) is 71.0 cm³/mol. The van der Waals surface area contributed by atoms with Gasteiger partial charge in [-0.25, -0.2) is 4.98 Å². The molecule has 20 heavy (non-hydrogen) atoms. The Hall–Kier alpha value is -2.37. The molecule has 0 aromatic carbocycles. The number of rotatable bonds is 2. The van der Waals surface area contributed by atoms with Crippen molar-refractivity contribution in [2.24, 2.45) is 0 Å². The lowest BCUT2D eigenvalue weighted by Crippen LogP contribution is -2.49. The first-order valence-electron chi connectivity index (χ1n) is 6.44. The summed E-state index contributed by atoms with van der Waals surface area (Å²) in [5.74, 6) is 0.357. The third kappa shape index (κ3) is 2.49. The van der Waals surface area contributed by atoms with Gasteiger partial charge in [0.2, 0.25) is 5.95 Å². The molecule has 0 bridgehead atoms. The topological polar surface area (TPSA) is 49.6 Å². The van der Waals surface area contributed by atoms with Gasteiger partial charge >= 0.3 is 0 Å². The van der Waals surface area contributed by atoms with E-state index in [0.717, 1.165) is 0 Å². The SMILES string of the molecule is O=C(c1ccco1)N1CCN(c2cccc(F)n2)CC1. The van der Waals surface area contributed by atoms with Gasteiger partial charge in [-0.3, -0.25) is 4.79 Å². The van der Waals surface area contributed by atoms with E-state index < -0.39 is 5.95 Å². The van der Waals surface area contributed by atoms with Crippen LogP contribution in [-0.4, -0.2) is 42.0 Å². The van der Waals surface area contributed by atoms with Gasteiger partial charge in [-0.2, -0.15) is 4.39 Å². The molecule has 2 aromatic rings. The standard InChI is InChI=1S/C14H14FN3O2/c15-12-4-1-5-13(16-12)17-6-8-18(9-7-17)14(19)11-3-2-10-20-11/h1-5,10H,6-9H2. The molecule has 6 heteroatoms. The minimum atomic E-state index is -0.489. The predicted octanol–water partition coefficient (Wildman–Crippen LogP) is 1.78. The van der Waals surface area contributed by atoms with E-state index in [1.807, 2.05) is 4.90 Å². The molecule has 1 fully saturated rings. The molecule has 1 aliphatic heterocycles. The molecule has 0 saturated carbocycles. The van der Waals surface area contributed by atoms with Gasteiger partial charge in [0, 0.05) is 26.2 Å². The van der Waals surface area contributed by atoms with Crippen molar-refractivity contribution in [3.05, 3.63) is 48.3 Å². The van der Waals surface area contributed by atoms with Crippen LogP contribution in [0.25, 0.3) is 0 Å². The first kappa shape index (κ1) is 12.7. The number of piperazine rings is 1. The van der Waals surface area contributed by atoms with Gasteiger partial charge in [0.15, 0.2) is 5.76 Å². The highest BCUT2D eigenvalue weighted by Gasteiger charge is 2.24. The van der Waals surface area contributed by atoms with E-state index in [-0.39, 0.29) is 5.91 Å². The quantitative estimate of drug-likeness (QED) is 0.784. The Morgan fingerprint density at radius 2 is 1.95 bits per heavy atom. The number of aromatic nitrogens is 1. The third-order valence-electron chi connectivity index (χ3n) is 3.32. The van der Waals surface area contributed by atoms with Crippen LogP contribution in [0.1, 0.15) is 10.6 Å². The Morgan fingerprint density at radius 1 is 1.15 bits per heavy atom. The summed E-state index contributed by atoms with van der Waals surface area (Å²) in [6.45, 7) is 2.39. The first-order chi connectivity index (χ1) is 9.74. The van der Waals surface area contributed by atoms with Gasteiger partial charge < -0.3 is 14.2 Å². The summed E-state index contributed by atoms with van der Waals surface area (Å²) >= 11 is 0. The summed E-state index contributed by atoms with van der Waals surface area (Å²) in [6, 6.07) is 8.08. The average Bonchev–Trinajstić information content (AvgIpc) is 3.01. The molecule has 1 amide bonds. The lowest BCUT2D eigenvalue weighted by Gasteiger charge is -2.34. The maximum absolute atomic E-state index is 13.1. The van der Waals surface area contributed by atoms with Gasteiger partial charge in [0.25, 0.3) is 5.91 Å². The second kappa shape index (κ2) is 5.32. The van der Waals surface area contributed by atoms with Crippen molar-refractivity contribution >= 4 is 11.7 Å². The second-order valence-electron chi connectivity index (χ2n) is 4.58. The molecule has 3 rings (SSSR count). The number of anilines is 1. The van der Waals surface area contributed by atoms with E-state index >= 15 is 0 Å². The molecule has 0 atom stereocenters. The highest BCUT2D eigenvalue weighted by molar-refractivity contribution is 5.91. The van der Waals surface area contributed by atoms with Crippen molar-refractivity contribution in [2.45, 2.75) is 0 Å². The maximum atomic E-state index is 13.1. The fraction of sp³-hybridized carbons (Fsp3) is 0.286. The molecule has 0 unspecified atom stereocenters. The summed E-state index contributed by atoms with van der Waals surface area (Å²) in [4.78, 5) is 19.6. The summed E-state index contributed by atoms with van der Waals surface area (Å²) < 4.78 is 18.2. The van der Waals surface area contributed by atoms with Crippen LogP contribution < -0.4 is 4.90 Å². The fourth-order valence-corrected chi connectivity index (χ4v) is 2.27. The zero-order chi connectivity index (χ0) is 13.9. The number of halogens is 1. The molecular weight excluding hydrogens is 261 g/mol. The Kier molecular flexibility index (Phi) is 3.37.